The number of hydrogen-bond acceptors (Lipinski definition) is 2. The molecule has 0 aromatic heterocycles. The molecule has 2 unspecified atom stereocenters. The maximum atomic E-state index is 11.9. The predicted molar refractivity (Wildman–Crippen MR) is 72.2 cm³/mol. The highest BCUT2D eigenvalue weighted by molar-refractivity contribution is 5.77. The maximum Gasteiger partial charge on any atom is 0.318 e. The second kappa shape index (κ2) is 5.40. The highest BCUT2D eigenvalue weighted by Gasteiger charge is 2.30. The fourth-order valence-electron chi connectivity index (χ4n) is 2.35. The summed E-state index contributed by atoms with van der Waals surface area (Å²) >= 11 is 0. The Morgan fingerprint density at radius 1 is 1.50 bits per heavy atom. The minimum atomic E-state index is 0.0172. The molecule has 1 fully saturated rings. The van der Waals surface area contributed by atoms with Crippen molar-refractivity contribution in [3.05, 3.63) is 35.4 Å². The first-order valence-corrected chi connectivity index (χ1v) is 6.43. The number of nitrogens with one attached hydrogen (secondary N) is 1. The molecule has 1 aliphatic rings. The van der Waals surface area contributed by atoms with Crippen molar-refractivity contribution in [1.29, 1.82) is 0 Å². The molecule has 0 aliphatic carbocycles. The third-order valence-electron chi connectivity index (χ3n) is 3.49. The van der Waals surface area contributed by atoms with Crippen LogP contribution in [0.15, 0.2) is 24.3 Å². The van der Waals surface area contributed by atoms with E-state index in [0.717, 1.165) is 13.1 Å². The molecule has 4 heteroatoms. The highest BCUT2D eigenvalue weighted by atomic mass is 16.2. The molecule has 1 aromatic carbocycles. The van der Waals surface area contributed by atoms with Gasteiger partial charge in [0.2, 0.25) is 0 Å². The van der Waals surface area contributed by atoms with Crippen molar-refractivity contribution in [3.8, 4) is 0 Å². The lowest BCUT2D eigenvalue weighted by Crippen LogP contribution is -2.34. The van der Waals surface area contributed by atoms with Crippen molar-refractivity contribution in [2.24, 2.45) is 11.7 Å². The number of nitrogens with two attached hydrogens (primary N) is 1. The summed E-state index contributed by atoms with van der Waals surface area (Å²) in [5, 5.41) is 3.04. The van der Waals surface area contributed by atoms with Crippen LogP contribution in [0.4, 0.5) is 4.79 Å². The van der Waals surface area contributed by atoms with E-state index in [-0.39, 0.29) is 12.1 Å². The lowest BCUT2D eigenvalue weighted by Gasteiger charge is -2.19. The first kappa shape index (κ1) is 12.9. The minimum absolute atomic E-state index is 0.0172. The third-order valence-corrected chi connectivity index (χ3v) is 3.49. The van der Waals surface area contributed by atoms with E-state index in [1.165, 1.54) is 11.1 Å². The average molecular weight is 247 g/mol. The van der Waals surface area contributed by atoms with Gasteiger partial charge in [0.25, 0.3) is 0 Å². The molecule has 2 rings (SSSR count). The zero-order valence-electron chi connectivity index (χ0n) is 11.0. The Morgan fingerprint density at radius 2 is 2.22 bits per heavy atom. The summed E-state index contributed by atoms with van der Waals surface area (Å²) in [6, 6.07) is 8.30. The largest absolute Gasteiger partial charge is 0.330 e. The van der Waals surface area contributed by atoms with Gasteiger partial charge >= 0.3 is 6.03 Å². The summed E-state index contributed by atoms with van der Waals surface area (Å²) in [4.78, 5) is 13.8. The van der Waals surface area contributed by atoms with Gasteiger partial charge in [0, 0.05) is 13.1 Å². The summed E-state index contributed by atoms with van der Waals surface area (Å²) in [6.07, 6.45) is 0. The van der Waals surface area contributed by atoms with Gasteiger partial charge in [-0.1, -0.05) is 31.2 Å². The molecule has 1 saturated heterocycles. The van der Waals surface area contributed by atoms with Gasteiger partial charge in [-0.2, -0.15) is 0 Å². The molecule has 1 aliphatic heterocycles. The summed E-state index contributed by atoms with van der Waals surface area (Å²) in [5.41, 5.74) is 8.03. The minimum Gasteiger partial charge on any atom is -0.330 e. The number of urea groups is 1. The lowest BCUT2D eigenvalue weighted by molar-refractivity contribution is 0.211. The molecule has 2 amide bonds. The Labute approximate surface area is 108 Å². The van der Waals surface area contributed by atoms with Gasteiger partial charge in [0.05, 0.1) is 6.04 Å². The van der Waals surface area contributed by atoms with Gasteiger partial charge in [-0.05, 0) is 30.5 Å². The molecule has 98 valence electrons. The SMILES string of the molecule is Cc1ccccc1C1CN(CC(C)CN)C(=O)N1. The quantitative estimate of drug-likeness (QED) is 0.850. The number of carbonyl (C=O) groups is 1. The van der Waals surface area contributed by atoms with Gasteiger partial charge in [-0.3, -0.25) is 0 Å². The number of aryl methyl sites for hydroxylation is 1. The maximum absolute atomic E-state index is 11.9. The second-order valence-electron chi connectivity index (χ2n) is 5.10. The van der Waals surface area contributed by atoms with Crippen LogP contribution in [0.2, 0.25) is 0 Å². The molecular weight excluding hydrogens is 226 g/mol. The molecule has 3 N–H and O–H groups in total. The van der Waals surface area contributed by atoms with Gasteiger partial charge < -0.3 is 16.0 Å². The Hall–Kier alpha value is -1.55. The summed E-state index contributed by atoms with van der Waals surface area (Å²) in [6.45, 7) is 6.21. The van der Waals surface area contributed by atoms with Crippen molar-refractivity contribution in [3.63, 3.8) is 0 Å². The Balaban J connectivity index is 2.07. The van der Waals surface area contributed by atoms with Crippen LogP contribution in [-0.2, 0) is 0 Å². The van der Waals surface area contributed by atoms with Gasteiger partial charge in [0.15, 0.2) is 0 Å². The zero-order chi connectivity index (χ0) is 13.1. The van der Waals surface area contributed by atoms with Crippen LogP contribution in [0.25, 0.3) is 0 Å². The molecule has 0 saturated carbocycles. The molecular formula is C14H21N3O. The molecule has 0 radical (unpaired) electrons. The second-order valence-corrected chi connectivity index (χ2v) is 5.10. The van der Waals surface area contributed by atoms with Crippen molar-refractivity contribution in [2.45, 2.75) is 19.9 Å². The van der Waals surface area contributed by atoms with Crippen LogP contribution in [0.5, 0.6) is 0 Å². The summed E-state index contributed by atoms with van der Waals surface area (Å²) < 4.78 is 0. The van der Waals surface area contributed by atoms with Gasteiger partial charge in [-0.15, -0.1) is 0 Å². The van der Waals surface area contributed by atoms with Crippen molar-refractivity contribution in [1.82, 2.24) is 10.2 Å². The number of carbonyl (C=O) groups excluding carboxylic acids is 1. The fourth-order valence-corrected chi connectivity index (χ4v) is 2.35. The van der Waals surface area contributed by atoms with E-state index in [1.54, 1.807) is 0 Å². The molecule has 1 heterocycles. The standard InChI is InChI=1S/C14H21N3O/c1-10(7-15)8-17-9-13(16-14(17)18)12-6-4-3-5-11(12)2/h3-6,10,13H,7-9,15H2,1-2H3,(H,16,18). The first-order chi connectivity index (χ1) is 8.61. The van der Waals surface area contributed by atoms with E-state index < -0.39 is 0 Å². The zero-order valence-corrected chi connectivity index (χ0v) is 11.0. The van der Waals surface area contributed by atoms with Crippen LogP contribution in [0.1, 0.15) is 24.1 Å². The number of hydrogen-bond donors (Lipinski definition) is 2. The molecule has 0 bridgehead atoms. The normalized spacial score (nSPS) is 20.9. The van der Waals surface area contributed by atoms with Crippen LogP contribution in [-0.4, -0.2) is 30.6 Å². The van der Waals surface area contributed by atoms with E-state index in [1.807, 2.05) is 17.0 Å². The number of amides is 2. The van der Waals surface area contributed by atoms with Crippen molar-refractivity contribution >= 4 is 6.03 Å². The van der Waals surface area contributed by atoms with Crippen molar-refractivity contribution < 1.29 is 4.79 Å². The predicted octanol–water partition coefficient (Wildman–Crippen LogP) is 1.66. The Kier molecular flexibility index (Phi) is 3.87. The summed E-state index contributed by atoms with van der Waals surface area (Å²) in [5.74, 6) is 0.339. The van der Waals surface area contributed by atoms with Gasteiger partial charge in [-0.25, -0.2) is 4.79 Å². The Bertz CT molecular complexity index is 433. The van der Waals surface area contributed by atoms with Gasteiger partial charge in [0.1, 0.15) is 0 Å². The number of nitrogens with zero attached hydrogens (tertiary/aromatic N) is 1. The van der Waals surface area contributed by atoms with Crippen molar-refractivity contribution in [2.75, 3.05) is 19.6 Å². The molecule has 2 atom stereocenters. The van der Waals surface area contributed by atoms with E-state index >= 15 is 0 Å². The van der Waals surface area contributed by atoms with Crippen LogP contribution >= 0.6 is 0 Å². The van der Waals surface area contributed by atoms with E-state index in [2.05, 4.69) is 31.3 Å². The first-order valence-electron chi connectivity index (χ1n) is 6.43. The lowest BCUT2D eigenvalue weighted by atomic mass is 10.0. The summed E-state index contributed by atoms with van der Waals surface area (Å²) in [7, 11) is 0. The number of rotatable bonds is 4. The molecule has 0 spiro atoms. The number of benzene rings is 1. The fraction of sp³-hybridized carbons (Fsp3) is 0.500. The monoisotopic (exact) mass is 247 g/mol. The third kappa shape index (κ3) is 2.64. The Morgan fingerprint density at radius 3 is 2.89 bits per heavy atom. The molecule has 18 heavy (non-hydrogen) atoms. The molecule has 1 aromatic rings. The van der Waals surface area contributed by atoms with E-state index in [0.29, 0.717) is 12.5 Å². The van der Waals surface area contributed by atoms with E-state index in [9.17, 15) is 4.79 Å². The van der Waals surface area contributed by atoms with Crippen LogP contribution in [0.3, 0.4) is 0 Å². The average Bonchev–Trinajstić information content (AvgIpc) is 2.71. The topological polar surface area (TPSA) is 58.4 Å². The van der Waals surface area contributed by atoms with E-state index in [4.69, 9.17) is 5.73 Å². The smallest absolute Gasteiger partial charge is 0.318 e. The highest BCUT2D eigenvalue weighted by Crippen LogP contribution is 2.23. The van der Waals surface area contributed by atoms with Crippen LogP contribution < -0.4 is 11.1 Å². The molecule has 4 nitrogen and oxygen atoms in total. The van der Waals surface area contributed by atoms with Crippen LogP contribution in [0, 0.1) is 12.8 Å².